The third kappa shape index (κ3) is 5.19. The van der Waals surface area contributed by atoms with E-state index in [2.05, 4.69) is 33.3 Å². The molecule has 1 amide bonds. The first-order valence-electron chi connectivity index (χ1n) is 10.3. The van der Waals surface area contributed by atoms with Gasteiger partial charge in [0.2, 0.25) is 11.8 Å². The lowest BCUT2D eigenvalue weighted by molar-refractivity contribution is -0.127. The molecule has 0 atom stereocenters. The molecule has 1 aromatic heterocycles. The van der Waals surface area contributed by atoms with Crippen LogP contribution in [0, 0.1) is 0 Å². The van der Waals surface area contributed by atoms with Crippen LogP contribution in [0.15, 0.2) is 58.2 Å². The van der Waals surface area contributed by atoms with E-state index in [1.807, 2.05) is 37.4 Å². The highest BCUT2D eigenvalue weighted by molar-refractivity contribution is 7.99. The second-order valence-electron chi connectivity index (χ2n) is 7.46. The fourth-order valence-electron chi connectivity index (χ4n) is 3.61. The second kappa shape index (κ2) is 9.87. The van der Waals surface area contributed by atoms with Gasteiger partial charge in [-0.1, -0.05) is 30.0 Å². The fourth-order valence-corrected chi connectivity index (χ4v) is 4.31. The highest BCUT2D eigenvalue weighted by Gasteiger charge is 2.18. The van der Waals surface area contributed by atoms with Crippen LogP contribution in [0.3, 0.4) is 0 Å². The van der Waals surface area contributed by atoms with Crippen molar-refractivity contribution in [1.82, 2.24) is 15.1 Å². The first-order valence-corrected chi connectivity index (χ1v) is 11.3. The van der Waals surface area contributed by atoms with Crippen LogP contribution in [0.4, 0.5) is 5.69 Å². The van der Waals surface area contributed by atoms with Crippen molar-refractivity contribution in [3.63, 3.8) is 0 Å². The summed E-state index contributed by atoms with van der Waals surface area (Å²) < 4.78 is 10.9. The number of para-hydroxylation sites is 1. The van der Waals surface area contributed by atoms with Crippen molar-refractivity contribution in [3.05, 3.63) is 54.1 Å². The van der Waals surface area contributed by atoms with E-state index in [0.717, 1.165) is 24.4 Å². The standard InChI is InChI=1S/C23H26N4O3S/c1-26(15-18-7-3-4-8-20(18)27-13-5-6-14-27)21(28)16-31-23-25-24-22(30-23)17-9-11-19(29-2)12-10-17/h3-4,7-12H,5-6,13-16H2,1-2H3. The largest absolute Gasteiger partial charge is 0.497 e. The lowest BCUT2D eigenvalue weighted by atomic mass is 10.1. The molecule has 1 fully saturated rings. The van der Waals surface area contributed by atoms with Gasteiger partial charge in [-0.15, -0.1) is 10.2 Å². The predicted octanol–water partition coefficient (Wildman–Crippen LogP) is 4.10. The number of nitrogens with zero attached hydrogens (tertiary/aromatic N) is 4. The van der Waals surface area contributed by atoms with Gasteiger partial charge < -0.3 is 19.0 Å². The molecule has 0 unspecified atom stereocenters. The van der Waals surface area contributed by atoms with Crippen LogP contribution in [-0.2, 0) is 11.3 Å². The average molecular weight is 439 g/mol. The minimum absolute atomic E-state index is 0.0189. The number of methoxy groups -OCH3 is 1. The molecule has 0 bridgehead atoms. The van der Waals surface area contributed by atoms with E-state index >= 15 is 0 Å². The molecule has 0 radical (unpaired) electrons. The van der Waals surface area contributed by atoms with Gasteiger partial charge in [-0.2, -0.15) is 0 Å². The summed E-state index contributed by atoms with van der Waals surface area (Å²) in [5.41, 5.74) is 3.21. The van der Waals surface area contributed by atoms with Gasteiger partial charge in [0, 0.05) is 37.9 Å². The van der Waals surface area contributed by atoms with Gasteiger partial charge in [0.1, 0.15) is 5.75 Å². The van der Waals surface area contributed by atoms with E-state index in [1.165, 1.54) is 35.9 Å². The van der Waals surface area contributed by atoms with Crippen LogP contribution in [0.2, 0.25) is 0 Å². The van der Waals surface area contributed by atoms with Gasteiger partial charge >= 0.3 is 0 Å². The molecular weight excluding hydrogens is 412 g/mol. The number of anilines is 1. The van der Waals surface area contributed by atoms with Crippen molar-refractivity contribution in [1.29, 1.82) is 0 Å². The Morgan fingerprint density at radius 1 is 1.13 bits per heavy atom. The van der Waals surface area contributed by atoms with E-state index < -0.39 is 0 Å². The number of aromatic nitrogens is 2. The number of carbonyl (C=O) groups excluding carboxylic acids is 1. The Morgan fingerprint density at radius 3 is 2.61 bits per heavy atom. The van der Waals surface area contributed by atoms with Crippen LogP contribution in [-0.4, -0.2) is 54.0 Å². The molecule has 1 aliphatic rings. The van der Waals surface area contributed by atoms with Crippen molar-refractivity contribution in [3.8, 4) is 17.2 Å². The Balaban J connectivity index is 1.33. The summed E-state index contributed by atoms with van der Waals surface area (Å²) in [4.78, 5) is 16.8. The summed E-state index contributed by atoms with van der Waals surface area (Å²) in [5.74, 6) is 1.45. The molecular formula is C23H26N4O3S. The smallest absolute Gasteiger partial charge is 0.277 e. The zero-order chi connectivity index (χ0) is 21.6. The number of carbonyl (C=O) groups is 1. The number of hydrogen-bond acceptors (Lipinski definition) is 7. The lowest BCUT2D eigenvalue weighted by Crippen LogP contribution is -2.29. The fraction of sp³-hybridized carbons (Fsp3) is 0.348. The van der Waals surface area contributed by atoms with Crippen molar-refractivity contribution in [2.45, 2.75) is 24.6 Å². The summed E-state index contributed by atoms with van der Waals surface area (Å²) in [6.07, 6.45) is 2.45. The number of amides is 1. The van der Waals surface area contributed by atoms with Gasteiger partial charge in [0.15, 0.2) is 0 Å². The maximum Gasteiger partial charge on any atom is 0.277 e. The van der Waals surface area contributed by atoms with E-state index in [0.29, 0.717) is 17.7 Å². The summed E-state index contributed by atoms with van der Waals surface area (Å²) in [7, 11) is 3.45. The Morgan fingerprint density at radius 2 is 1.87 bits per heavy atom. The van der Waals surface area contributed by atoms with Crippen LogP contribution in [0.25, 0.3) is 11.5 Å². The van der Waals surface area contributed by atoms with Gasteiger partial charge in [-0.25, -0.2) is 0 Å². The van der Waals surface area contributed by atoms with E-state index in [1.54, 1.807) is 12.0 Å². The van der Waals surface area contributed by atoms with E-state index in [-0.39, 0.29) is 11.7 Å². The highest BCUT2D eigenvalue weighted by Crippen LogP contribution is 2.27. The molecule has 4 rings (SSSR count). The zero-order valence-electron chi connectivity index (χ0n) is 17.8. The zero-order valence-corrected chi connectivity index (χ0v) is 18.6. The molecule has 7 nitrogen and oxygen atoms in total. The number of hydrogen-bond donors (Lipinski definition) is 0. The summed E-state index contributed by atoms with van der Waals surface area (Å²) in [6, 6.07) is 15.7. The predicted molar refractivity (Wildman–Crippen MR) is 121 cm³/mol. The number of ether oxygens (including phenoxy) is 1. The van der Waals surface area contributed by atoms with E-state index in [4.69, 9.17) is 9.15 Å². The van der Waals surface area contributed by atoms with Crippen LogP contribution >= 0.6 is 11.8 Å². The van der Waals surface area contributed by atoms with Crippen LogP contribution < -0.4 is 9.64 Å². The molecule has 2 aromatic carbocycles. The first kappa shape index (κ1) is 21.2. The van der Waals surface area contributed by atoms with Gasteiger partial charge in [-0.05, 0) is 48.7 Å². The van der Waals surface area contributed by atoms with Crippen molar-refractivity contribution < 1.29 is 13.9 Å². The Kier molecular flexibility index (Phi) is 6.76. The number of thioether (sulfide) groups is 1. The Labute approximate surface area is 186 Å². The summed E-state index contributed by atoms with van der Waals surface area (Å²) in [6.45, 7) is 2.74. The molecule has 8 heteroatoms. The Hall–Kier alpha value is -3.00. The quantitative estimate of drug-likeness (QED) is 0.490. The lowest BCUT2D eigenvalue weighted by Gasteiger charge is -2.24. The topological polar surface area (TPSA) is 71.7 Å². The number of rotatable bonds is 8. The third-order valence-corrected chi connectivity index (χ3v) is 6.14. The van der Waals surface area contributed by atoms with Crippen LogP contribution in [0.5, 0.6) is 5.75 Å². The molecule has 162 valence electrons. The molecule has 1 saturated heterocycles. The van der Waals surface area contributed by atoms with Gasteiger partial charge in [0.05, 0.1) is 12.9 Å². The molecule has 1 aliphatic heterocycles. The van der Waals surface area contributed by atoms with E-state index in [9.17, 15) is 4.79 Å². The molecule has 0 N–H and O–H groups in total. The summed E-state index contributed by atoms with van der Waals surface area (Å²) >= 11 is 1.25. The molecule has 0 spiro atoms. The second-order valence-corrected chi connectivity index (χ2v) is 8.39. The maximum atomic E-state index is 12.7. The molecule has 31 heavy (non-hydrogen) atoms. The minimum Gasteiger partial charge on any atom is -0.497 e. The Bertz CT molecular complexity index is 1020. The van der Waals surface area contributed by atoms with Crippen molar-refractivity contribution in [2.75, 3.05) is 37.9 Å². The molecule has 3 aromatic rings. The average Bonchev–Trinajstić information content (AvgIpc) is 3.50. The first-order chi connectivity index (χ1) is 15.1. The third-order valence-electron chi connectivity index (χ3n) is 5.33. The SMILES string of the molecule is COc1ccc(-c2nnc(SCC(=O)N(C)Cc3ccccc3N3CCCC3)o2)cc1. The van der Waals surface area contributed by atoms with Gasteiger partial charge in [0.25, 0.3) is 5.22 Å². The molecule has 2 heterocycles. The maximum absolute atomic E-state index is 12.7. The minimum atomic E-state index is 0.0189. The molecule has 0 aliphatic carbocycles. The summed E-state index contributed by atoms with van der Waals surface area (Å²) in [5, 5.41) is 8.51. The highest BCUT2D eigenvalue weighted by atomic mass is 32.2. The van der Waals surface area contributed by atoms with Crippen molar-refractivity contribution in [2.24, 2.45) is 0 Å². The molecule has 0 saturated carbocycles. The normalized spacial score (nSPS) is 13.4. The van der Waals surface area contributed by atoms with Crippen LogP contribution in [0.1, 0.15) is 18.4 Å². The number of benzene rings is 2. The monoisotopic (exact) mass is 438 g/mol. The van der Waals surface area contributed by atoms with Crippen molar-refractivity contribution >= 4 is 23.4 Å². The van der Waals surface area contributed by atoms with Gasteiger partial charge in [-0.3, -0.25) is 4.79 Å².